The number of amides is 5. The first-order chi connectivity index (χ1) is 29.6. The van der Waals surface area contributed by atoms with Crippen LogP contribution >= 0.6 is 0 Å². The van der Waals surface area contributed by atoms with Gasteiger partial charge in [0.05, 0.1) is 35.9 Å². The van der Waals surface area contributed by atoms with Crippen LogP contribution in [0.15, 0.2) is 60.9 Å². The van der Waals surface area contributed by atoms with E-state index in [1.165, 1.54) is 0 Å². The number of aromatic nitrogens is 4. The molecule has 4 atom stereocenters. The van der Waals surface area contributed by atoms with Crippen LogP contribution in [-0.2, 0) is 4.79 Å². The molecule has 13 heteroatoms. The molecule has 0 saturated carbocycles. The largest absolute Gasteiger partial charge is 0.341 e. The summed E-state index contributed by atoms with van der Waals surface area (Å²) in [7, 11) is 0. The lowest BCUT2D eigenvalue weighted by Crippen LogP contribution is -2.54. The zero-order valence-electron chi connectivity index (χ0n) is 36.3. The number of rotatable bonds is 11. The van der Waals surface area contributed by atoms with Crippen LogP contribution in [0, 0.1) is 23.7 Å². The number of carbonyl (C=O) groups is 3. The van der Waals surface area contributed by atoms with E-state index in [4.69, 9.17) is 9.97 Å². The molecule has 8 rings (SSSR count). The molecule has 0 aliphatic carbocycles. The molecule has 6 heterocycles. The van der Waals surface area contributed by atoms with Crippen molar-refractivity contribution in [2.45, 2.75) is 103 Å². The third-order valence-corrected chi connectivity index (χ3v) is 13.0. The number of nitrogens with zero attached hydrogens (tertiary/aromatic N) is 6. The predicted octanol–water partition coefficient (Wildman–Crippen LogP) is 7.33. The maximum atomic E-state index is 13.9. The van der Waals surface area contributed by atoms with Crippen molar-refractivity contribution < 1.29 is 14.4 Å². The Morgan fingerprint density at radius 2 is 1.13 bits per heavy atom. The average Bonchev–Trinajstić information content (AvgIpc) is 4.12. The van der Waals surface area contributed by atoms with Gasteiger partial charge >= 0.3 is 12.1 Å². The van der Waals surface area contributed by atoms with E-state index < -0.39 is 6.04 Å². The monoisotopic (exact) mass is 827 g/mol. The molecular weight excluding hydrogens is 765 g/mol. The molecular formula is C48H62N10O3. The first-order valence-corrected chi connectivity index (χ1v) is 22.6. The third-order valence-electron chi connectivity index (χ3n) is 13.0. The van der Waals surface area contributed by atoms with Gasteiger partial charge in [-0.25, -0.2) is 19.6 Å². The highest BCUT2D eigenvalue weighted by Gasteiger charge is 2.38. The van der Waals surface area contributed by atoms with Gasteiger partial charge in [-0.1, -0.05) is 63.8 Å². The molecule has 2 aromatic carbocycles. The smallest absolute Gasteiger partial charge is 0.318 e. The Morgan fingerprint density at radius 1 is 0.639 bits per heavy atom. The van der Waals surface area contributed by atoms with Gasteiger partial charge in [0.15, 0.2) is 0 Å². The van der Waals surface area contributed by atoms with E-state index in [-0.39, 0.29) is 42.0 Å². The normalized spacial score (nSPS) is 20.3. The Labute approximate surface area is 360 Å². The number of H-pyrrole nitrogens is 2. The van der Waals surface area contributed by atoms with Crippen molar-refractivity contribution in [2.24, 2.45) is 11.8 Å². The van der Waals surface area contributed by atoms with E-state index in [1.54, 1.807) is 0 Å². The van der Waals surface area contributed by atoms with Crippen LogP contribution < -0.4 is 10.6 Å². The van der Waals surface area contributed by atoms with Gasteiger partial charge in [-0.3, -0.25) is 9.69 Å². The first kappa shape index (κ1) is 42.1. The molecule has 322 valence electrons. The van der Waals surface area contributed by atoms with Gasteiger partial charge in [0.2, 0.25) is 5.91 Å². The van der Waals surface area contributed by atoms with Gasteiger partial charge in [0, 0.05) is 56.4 Å². The number of carbonyl (C=O) groups excluding carboxylic acids is 3. The van der Waals surface area contributed by atoms with Crippen molar-refractivity contribution in [1.29, 1.82) is 0 Å². The summed E-state index contributed by atoms with van der Waals surface area (Å²) in [5.74, 6) is 8.61. The summed E-state index contributed by atoms with van der Waals surface area (Å²) in [6, 6.07) is 15.8. The fourth-order valence-corrected chi connectivity index (χ4v) is 9.27. The molecule has 4 aliphatic heterocycles. The molecule has 4 unspecified atom stereocenters. The fourth-order valence-electron chi connectivity index (χ4n) is 9.27. The topological polar surface area (TPSA) is 146 Å². The molecule has 0 spiro atoms. The molecule has 4 N–H and O–H groups in total. The second kappa shape index (κ2) is 19.0. The second-order valence-corrected chi connectivity index (χ2v) is 18.0. The summed E-state index contributed by atoms with van der Waals surface area (Å²) in [6.45, 7) is 14.0. The second-order valence-electron chi connectivity index (χ2n) is 18.0. The number of nitrogens with one attached hydrogen (secondary N) is 4. The number of likely N-dealkylation sites (tertiary alicyclic amines) is 4. The van der Waals surface area contributed by atoms with Crippen LogP contribution in [0.25, 0.3) is 22.5 Å². The minimum absolute atomic E-state index is 0.0327. The van der Waals surface area contributed by atoms with Crippen LogP contribution in [0.2, 0.25) is 0 Å². The summed E-state index contributed by atoms with van der Waals surface area (Å²) in [6.07, 6.45) is 11.8. The van der Waals surface area contributed by atoms with Crippen LogP contribution in [0.1, 0.15) is 114 Å². The van der Waals surface area contributed by atoms with Crippen molar-refractivity contribution in [3.63, 3.8) is 0 Å². The number of urea groups is 2. The molecule has 4 aromatic rings. The molecule has 61 heavy (non-hydrogen) atoms. The van der Waals surface area contributed by atoms with Crippen molar-refractivity contribution >= 4 is 18.0 Å². The SMILES string of the molecule is CC(C)C(CN1CCCC1c1ncc(-c2ccc(C#Cc3ccc(-c4cnc(C5CCCN5C(=O)C(NC(=O)N5CCCC5)C(C)C)[nH]4)cc3)cc2)[nH]1)NC(=O)N1CCCC1. The maximum Gasteiger partial charge on any atom is 0.318 e. The number of imidazole rings is 2. The average molecular weight is 827 g/mol. The molecule has 0 radical (unpaired) electrons. The lowest BCUT2D eigenvalue weighted by atomic mass is 10.0. The number of hydrogen-bond acceptors (Lipinski definition) is 6. The number of aromatic amines is 2. The zero-order chi connectivity index (χ0) is 42.5. The third kappa shape index (κ3) is 9.81. The minimum atomic E-state index is -0.580. The lowest BCUT2D eigenvalue weighted by Gasteiger charge is -2.32. The number of hydrogen-bond donors (Lipinski definition) is 4. The van der Waals surface area contributed by atoms with Gasteiger partial charge in [0.25, 0.3) is 0 Å². The maximum absolute atomic E-state index is 13.9. The molecule has 4 aliphatic rings. The van der Waals surface area contributed by atoms with Crippen LogP contribution in [0.4, 0.5) is 9.59 Å². The van der Waals surface area contributed by atoms with E-state index >= 15 is 0 Å². The van der Waals surface area contributed by atoms with Crippen molar-refractivity contribution in [2.75, 3.05) is 45.8 Å². The van der Waals surface area contributed by atoms with Crippen LogP contribution in [0.3, 0.4) is 0 Å². The van der Waals surface area contributed by atoms with E-state index in [2.05, 4.69) is 63.3 Å². The summed E-state index contributed by atoms with van der Waals surface area (Å²) in [5, 5.41) is 6.37. The molecule has 5 amide bonds. The summed E-state index contributed by atoms with van der Waals surface area (Å²) < 4.78 is 0. The van der Waals surface area contributed by atoms with Crippen LogP contribution in [0.5, 0.6) is 0 Å². The molecule has 13 nitrogen and oxygen atoms in total. The Morgan fingerprint density at radius 3 is 1.66 bits per heavy atom. The fraction of sp³-hybridized carbons (Fsp3) is 0.521. The Kier molecular flexibility index (Phi) is 13.1. The molecule has 0 bridgehead atoms. The highest BCUT2D eigenvalue weighted by atomic mass is 16.2. The highest BCUT2D eigenvalue weighted by molar-refractivity contribution is 5.88. The highest BCUT2D eigenvalue weighted by Crippen LogP contribution is 2.34. The van der Waals surface area contributed by atoms with Gasteiger partial charge in [-0.05, 0) is 105 Å². The van der Waals surface area contributed by atoms with Crippen molar-refractivity contribution in [3.05, 3.63) is 83.7 Å². The van der Waals surface area contributed by atoms with E-state index in [1.807, 2.05) is 77.3 Å². The quantitative estimate of drug-likeness (QED) is 0.117. The minimum Gasteiger partial charge on any atom is -0.341 e. The molecule has 2 aromatic heterocycles. The van der Waals surface area contributed by atoms with Gasteiger partial charge in [-0.15, -0.1) is 0 Å². The van der Waals surface area contributed by atoms with Gasteiger partial charge < -0.3 is 35.3 Å². The summed E-state index contributed by atoms with van der Waals surface area (Å²) in [5.41, 5.74) is 5.75. The van der Waals surface area contributed by atoms with Crippen LogP contribution in [-0.4, -0.2) is 115 Å². The Bertz CT molecular complexity index is 2190. The van der Waals surface area contributed by atoms with E-state index in [0.29, 0.717) is 12.5 Å². The summed E-state index contributed by atoms with van der Waals surface area (Å²) in [4.78, 5) is 64.5. The molecule has 4 fully saturated rings. The van der Waals surface area contributed by atoms with E-state index in [9.17, 15) is 14.4 Å². The zero-order valence-corrected chi connectivity index (χ0v) is 36.3. The summed E-state index contributed by atoms with van der Waals surface area (Å²) >= 11 is 0. The Balaban J connectivity index is 0.861. The molecule has 4 saturated heterocycles. The number of benzene rings is 2. The van der Waals surface area contributed by atoms with Gasteiger partial charge in [-0.2, -0.15) is 0 Å². The van der Waals surface area contributed by atoms with Crippen molar-refractivity contribution in [3.8, 4) is 34.4 Å². The standard InChI is InChI=1S/C48H62N10O3/c1-32(2)40(53-47(60)55-23-5-6-24-55)31-57-27-9-11-41(57)44-49-29-38(51-44)36-19-15-34(16-20-36)13-14-35-17-21-37(22-18-35)39-30-50-45(52-39)42-12-10-28-58(42)46(59)43(33(3)4)54-48(61)56-25-7-8-26-56/h15-22,29-30,32-33,40-43H,5-12,23-28,31H2,1-4H3,(H,49,51)(H,50,52)(H,53,60)(H,54,61). The van der Waals surface area contributed by atoms with E-state index in [0.717, 1.165) is 136 Å². The van der Waals surface area contributed by atoms with Crippen molar-refractivity contribution in [1.82, 2.24) is 50.2 Å². The predicted molar refractivity (Wildman–Crippen MR) is 237 cm³/mol. The lowest BCUT2D eigenvalue weighted by molar-refractivity contribution is -0.135. The first-order valence-electron chi connectivity index (χ1n) is 22.6. The van der Waals surface area contributed by atoms with Gasteiger partial charge in [0.1, 0.15) is 17.7 Å². The Hall–Kier alpha value is -5.61.